The lowest BCUT2D eigenvalue weighted by Gasteiger charge is -2.34. The molecule has 1 N–H and O–H groups in total. The third-order valence-electron chi connectivity index (χ3n) is 4.00. The van der Waals surface area contributed by atoms with Crippen molar-refractivity contribution in [1.82, 2.24) is 0 Å². The van der Waals surface area contributed by atoms with Gasteiger partial charge in [-0.05, 0) is 24.0 Å². The van der Waals surface area contributed by atoms with Gasteiger partial charge in [0.15, 0.2) is 0 Å². The first-order valence-electron chi connectivity index (χ1n) is 6.73. The average molecular weight is 286 g/mol. The quantitative estimate of drug-likeness (QED) is 0.909. The highest BCUT2D eigenvalue weighted by Crippen LogP contribution is 2.40. The molecule has 1 fully saturated rings. The van der Waals surface area contributed by atoms with Crippen molar-refractivity contribution in [2.75, 3.05) is 0 Å². The van der Waals surface area contributed by atoms with E-state index >= 15 is 0 Å². The van der Waals surface area contributed by atoms with E-state index in [2.05, 4.69) is 0 Å². The number of aliphatic carboxylic acids is 1. The Kier molecular flexibility index (Phi) is 4.06. The predicted octanol–water partition coefficient (Wildman–Crippen LogP) is 4.08. The Hall–Kier alpha value is -1.52. The van der Waals surface area contributed by atoms with Crippen LogP contribution in [0.5, 0.6) is 0 Å². The van der Waals surface area contributed by atoms with Crippen LogP contribution in [0.1, 0.15) is 43.2 Å². The molecule has 1 saturated carbocycles. The van der Waals surface area contributed by atoms with Gasteiger partial charge in [0.1, 0.15) is 0 Å². The Balaban J connectivity index is 2.35. The van der Waals surface area contributed by atoms with Crippen LogP contribution in [0.25, 0.3) is 0 Å². The highest BCUT2D eigenvalue weighted by atomic mass is 19.4. The minimum Gasteiger partial charge on any atom is -0.481 e. The number of carbonyl (C=O) groups is 1. The van der Waals surface area contributed by atoms with E-state index in [4.69, 9.17) is 0 Å². The van der Waals surface area contributed by atoms with Crippen molar-refractivity contribution in [2.24, 2.45) is 0 Å². The first-order valence-corrected chi connectivity index (χ1v) is 6.73. The number of halogens is 3. The summed E-state index contributed by atoms with van der Waals surface area (Å²) in [4.78, 5) is 11.7. The summed E-state index contributed by atoms with van der Waals surface area (Å²) >= 11 is 0. The van der Waals surface area contributed by atoms with Gasteiger partial charge in [0.2, 0.25) is 0 Å². The van der Waals surface area contributed by atoms with E-state index in [-0.39, 0.29) is 5.56 Å². The number of hydrogen-bond donors (Lipinski definition) is 1. The molecule has 0 heterocycles. The molecule has 20 heavy (non-hydrogen) atoms. The SMILES string of the molecule is O=C(O)C1(c2cccc(CC(F)(F)F)c2)CCCCC1. The van der Waals surface area contributed by atoms with Crippen molar-refractivity contribution in [2.45, 2.75) is 50.1 Å². The van der Waals surface area contributed by atoms with Gasteiger partial charge in [-0.3, -0.25) is 4.79 Å². The molecule has 2 nitrogen and oxygen atoms in total. The van der Waals surface area contributed by atoms with Crippen molar-refractivity contribution in [3.63, 3.8) is 0 Å². The fraction of sp³-hybridized carbons (Fsp3) is 0.533. The zero-order valence-electron chi connectivity index (χ0n) is 11.0. The van der Waals surface area contributed by atoms with Gasteiger partial charge in [-0.15, -0.1) is 0 Å². The summed E-state index contributed by atoms with van der Waals surface area (Å²) in [5, 5.41) is 9.54. The second kappa shape index (κ2) is 5.46. The van der Waals surface area contributed by atoms with E-state index in [1.165, 1.54) is 18.2 Å². The predicted molar refractivity (Wildman–Crippen MR) is 68.6 cm³/mol. The number of hydrogen-bond acceptors (Lipinski definition) is 1. The molecule has 110 valence electrons. The summed E-state index contributed by atoms with van der Waals surface area (Å²) < 4.78 is 37.4. The second-order valence-corrected chi connectivity index (χ2v) is 5.44. The molecule has 1 aliphatic carbocycles. The maximum Gasteiger partial charge on any atom is 0.393 e. The number of alkyl halides is 3. The summed E-state index contributed by atoms with van der Waals surface area (Å²) in [5.74, 6) is -0.929. The van der Waals surface area contributed by atoms with Gasteiger partial charge in [0, 0.05) is 0 Å². The largest absolute Gasteiger partial charge is 0.481 e. The lowest BCUT2D eigenvalue weighted by atomic mass is 9.69. The zero-order valence-corrected chi connectivity index (χ0v) is 11.0. The van der Waals surface area contributed by atoms with Crippen molar-refractivity contribution in [1.29, 1.82) is 0 Å². The van der Waals surface area contributed by atoms with Crippen molar-refractivity contribution in [3.8, 4) is 0 Å². The van der Waals surface area contributed by atoms with Crippen LogP contribution in [0.15, 0.2) is 24.3 Å². The molecule has 1 aromatic rings. The van der Waals surface area contributed by atoms with Crippen LogP contribution in [0.4, 0.5) is 13.2 Å². The van der Waals surface area contributed by atoms with Crippen LogP contribution in [-0.4, -0.2) is 17.3 Å². The Labute approximate surface area is 115 Å². The molecular formula is C15H17F3O2. The van der Waals surface area contributed by atoms with Crippen LogP contribution in [0.2, 0.25) is 0 Å². The molecule has 5 heteroatoms. The van der Waals surface area contributed by atoms with E-state index in [0.29, 0.717) is 18.4 Å². The van der Waals surface area contributed by atoms with Crippen LogP contribution in [0, 0.1) is 0 Å². The molecule has 0 amide bonds. The van der Waals surface area contributed by atoms with E-state index < -0.39 is 24.0 Å². The van der Waals surface area contributed by atoms with E-state index in [1.54, 1.807) is 6.07 Å². The van der Waals surface area contributed by atoms with Crippen molar-refractivity contribution < 1.29 is 23.1 Å². The molecule has 1 aliphatic rings. The zero-order chi connectivity index (χ0) is 14.8. The Morgan fingerprint density at radius 2 is 1.85 bits per heavy atom. The smallest absolute Gasteiger partial charge is 0.393 e. The van der Waals surface area contributed by atoms with Gasteiger partial charge in [-0.25, -0.2) is 0 Å². The molecule has 0 unspecified atom stereocenters. The second-order valence-electron chi connectivity index (χ2n) is 5.44. The maximum absolute atomic E-state index is 12.5. The minimum atomic E-state index is -4.28. The van der Waals surface area contributed by atoms with Crippen LogP contribution < -0.4 is 0 Å². The summed E-state index contributed by atoms with van der Waals surface area (Å²) in [6.45, 7) is 0. The lowest BCUT2D eigenvalue weighted by molar-refractivity contribution is -0.145. The molecular weight excluding hydrogens is 269 g/mol. The first-order chi connectivity index (χ1) is 9.33. The van der Waals surface area contributed by atoms with Crippen LogP contribution in [0.3, 0.4) is 0 Å². The molecule has 0 aromatic heterocycles. The topological polar surface area (TPSA) is 37.3 Å². The molecule has 0 bridgehead atoms. The average Bonchev–Trinajstić information content (AvgIpc) is 2.37. The van der Waals surface area contributed by atoms with E-state index in [0.717, 1.165) is 19.3 Å². The molecule has 0 radical (unpaired) electrons. The third-order valence-corrected chi connectivity index (χ3v) is 4.00. The van der Waals surface area contributed by atoms with E-state index in [9.17, 15) is 23.1 Å². The van der Waals surface area contributed by atoms with Gasteiger partial charge >= 0.3 is 12.1 Å². The molecule has 0 aliphatic heterocycles. The van der Waals surface area contributed by atoms with Crippen LogP contribution in [-0.2, 0) is 16.6 Å². The van der Waals surface area contributed by atoms with Gasteiger partial charge in [-0.2, -0.15) is 13.2 Å². The monoisotopic (exact) mass is 286 g/mol. The van der Waals surface area contributed by atoms with Gasteiger partial charge < -0.3 is 5.11 Å². The molecule has 0 spiro atoms. The van der Waals surface area contributed by atoms with Gasteiger partial charge in [-0.1, -0.05) is 43.5 Å². The highest BCUT2D eigenvalue weighted by Gasteiger charge is 2.41. The fourth-order valence-corrected chi connectivity index (χ4v) is 2.99. The van der Waals surface area contributed by atoms with Crippen molar-refractivity contribution >= 4 is 5.97 Å². The minimum absolute atomic E-state index is 0.126. The summed E-state index contributed by atoms with van der Waals surface area (Å²) in [6.07, 6.45) is -1.71. The number of carboxylic acid groups (broad SMARTS) is 1. The third kappa shape index (κ3) is 3.14. The number of carboxylic acids is 1. The molecule has 2 rings (SSSR count). The van der Waals surface area contributed by atoms with Crippen LogP contribution >= 0.6 is 0 Å². The summed E-state index contributed by atoms with van der Waals surface area (Å²) in [6, 6.07) is 5.97. The number of benzene rings is 1. The summed E-state index contributed by atoms with van der Waals surface area (Å²) in [7, 11) is 0. The lowest BCUT2D eigenvalue weighted by Crippen LogP contribution is -2.37. The molecule has 1 aromatic carbocycles. The van der Waals surface area contributed by atoms with Gasteiger partial charge in [0.05, 0.1) is 11.8 Å². The molecule has 0 saturated heterocycles. The maximum atomic E-state index is 12.5. The Morgan fingerprint density at radius 1 is 1.20 bits per heavy atom. The fourth-order valence-electron chi connectivity index (χ4n) is 2.99. The van der Waals surface area contributed by atoms with E-state index in [1.807, 2.05) is 0 Å². The Bertz CT molecular complexity index is 488. The normalized spacial score (nSPS) is 18.8. The summed E-state index contributed by atoms with van der Waals surface area (Å²) in [5.41, 5.74) is -0.382. The van der Waals surface area contributed by atoms with Crippen molar-refractivity contribution in [3.05, 3.63) is 35.4 Å². The number of rotatable bonds is 3. The van der Waals surface area contributed by atoms with Gasteiger partial charge in [0.25, 0.3) is 0 Å². The standard InChI is InChI=1S/C15H17F3O2/c16-15(17,18)10-11-5-4-6-12(9-11)14(13(19)20)7-2-1-3-8-14/h4-6,9H,1-3,7-8,10H2,(H,19,20). The first kappa shape index (κ1) is 14.9. The molecule has 0 atom stereocenters. The highest BCUT2D eigenvalue weighted by molar-refractivity contribution is 5.81. The Morgan fingerprint density at radius 3 is 2.40 bits per heavy atom.